The summed E-state index contributed by atoms with van der Waals surface area (Å²) in [5.41, 5.74) is 0. The number of carbonyl (C=O) groups excluding carboxylic acids is 1. The van der Waals surface area contributed by atoms with Crippen molar-refractivity contribution in [2.45, 2.75) is 84.7 Å². The number of ether oxygens (including phenoxy) is 2. The molecule has 0 heterocycles. The van der Waals surface area contributed by atoms with Crippen LogP contribution in [0.15, 0.2) is 12.7 Å². The molecule has 0 bridgehead atoms. The topological polar surface area (TPSA) is 35.5 Å². The van der Waals surface area contributed by atoms with Gasteiger partial charge in [0.25, 0.3) is 0 Å². The van der Waals surface area contributed by atoms with Crippen LogP contribution in [0.1, 0.15) is 6.92 Å². The first-order valence-corrected chi connectivity index (χ1v) is 9.83. The van der Waals surface area contributed by atoms with Gasteiger partial charge in [-0.3, -0.25) is 4.74 Å². The van der Waals surface area contributed by atoms with E-state index in [4.69, 9.17) is 0 Å². The van der Waals surface area contributed by atoms with Gasteiger partial charge in [0, 0.05) is 6.08 Å². The summed E-state index contributed by atoms with van der Waals surface area (Å²) in [5, 5.41) is 0. The molecule has 0 radical (unpaired) electrons. The van der Waals surface area contributed by atoms with Crippen LogP contribution >= 0.6 is 0 Å². The monoisotopic (exact) mass is 734 g/mol. The molecule has 1 atom stereocenters. The van der Waals surface area contributed by atoms with E-state index >= 15 is 0 Å². The normalized spacial score (nSPS) is 16.8. The molecule has 0 aliphatic heterocycles. The van der Waals surface area contributed by atoms with Crippen molar-refractivity contribution in [1.29, 1.82) is 0 Å². The molecule has 1 unspecified atom stereocenters. The average Bonchev–Trinajstić information content (AvgIpc) is 2.81. The van der Waals surface area contributed by atoms with E-state index in [1.807, 2.05) is 0 Å². The molecule has 0 aromatic heterocycles. The molecule has 45 heavy (non-hydrogen) atoms. The van der Waals surface area contributed by atoms with Crippen LogP contribution in [-0.2, 0) is 14.3 Å². The molecule has 0 saturated heterocycles. The van der Waals surface area contributed by atoms with Gasteiger partial charge in [0.2, 0.25) is 6.29 Å². The third-order valence-corrected chi connectivity index (χ3v) is 5.03. The van der Waals surface area contributed by atoms with Gasteiger partial charge < -0.3 is 4.74 Å². The summed E-state index contributed by atoms with van der Waals surface area (Å²) >= 11 is 0. The molecule has 0 N–H and O–H groups in total. The summed E-state index contributed by atoms with van der Waals surface area (Å²) < 4.78 is 340. The summed E-state index contributed by atoms with van der Waals surface area (Å²) in [5.74, 6) is -94.6. The van der Waals surface area contributed by atoms with Crippen molar-refractivity contribution in [2.75, 3.05) is 0 Å². The van der Waals surface area contributed by atoms with Gasteiger partial charge in [-0.05, 0) is 6.92 Å². The molecule has 28 heteroatoms. The lowest BCUT2D eigenvalue weighted by atomic mass is 9.85. The highest BCUT2D eigenvalue weighted by Crippen LogP contribution is 2.67. The second-order valence-corrected chi connectivity index (χ2v) is 8.08. The van der Waals surface area contributed by atoms with Crippen molar-refractivity contribution in [1.82, 2.24) is 0 Å². The SMILES string of the molecule is C=CC(=O)OC(C)OC(F)(F)C(F)(F)C(F)(F)C(F)(F)C(F)(F)C(F)(F)C(F)(F)C(F)(F)C(F)(F)C(F)(F)C(F)(F)C(F)(F)F. The molecule has 0 amide bonds. The number of esters is 1. The Kier molecular flexibility index (Phi) is 10.4. The summed E-state index contributed by atoms with van der Waals surface area (Å²) in [6.07, 6.45) is -19.1. The summed E-state index contributed by atoms with van der Waals surface area (Å²) in [7, 11) is 0. The van der Waals surface area contributed by atoms with E-state index in [9.17, 15) is 115 Å². The van der Waals surface area contributed by atoms with Crippen molar-refractivity contribution >= 4 is 5.97 Å². The fraction of sp³-hybridized carbons (Fsp3) is 0.824. The van der Waals surface area contributed by atoms with Gasteiger partial charge in [-0.2, -0.15) is 110 Å². The lowest BCUT2D eigenvalue weighted by molar-refractivity contribution is -0.492. The zero-order chi connectivity index (χ0) is 37.3. The molecule has 0 fully saturated rings. The fourth-order valence-corrected chi connectivity index (χ4v) is 2.46. The molecule has 0 saturated carbocycles. The molecule has 0 rings (SSSR count). The van der Waals surface area contributed by atoms with Crippen LogP contribution in [0.4, 0.5) is 110 Å². The maximum absolute atomic E-state index is 13.8. The van der Waals surface area contributed by atoms with E-state index in [-0.39, 0.29) is 13.0 Å². The van der Waals surface area contributed by atoms with Gasteiger partial charge in [-0.15, -0.1) is 0 Å². The molecule has 0 aromatic carbocycles. The maximum atomic E-state index is 13.8. The van der Waals surface area contributed by atoms with Crippen molar-refractivity contribution in [2.24, 2.45) is 0 Å². The van der Waals surface area contributed by atoms with E-state index in [1.54, 1.807) is 0 Å². The standard InChI is InChI=1S/C17H7F25O3/c1-3-5(43)44-4(2)45-17(41,42)15(36,37)13(32,33)11(28,29)9(24,25)7(20,21)6(18,19)8(22,23)10(26,27)12(30,31)14(34,35)16(38,39)40/h3-4H,1H2,2H3. The van der Waals surface area contributed by atoms with Crippen LogP contribution < -0.4 is 0 Å². The lowest BCUT2D eigenvalue weighted by Crippen LogP contribution is -2.78. The Bertz CT molecular complexity index is 1100. The van der Waals surface area contributed by atoms with Gasteiger partial charge in [0.05, 0.1) is 0 Å². The minimum Gasteiger partial charge on any atom is -0.433 e. The smallest absolute Gasteiger partial charge is 0.433 e. The van der Waals surface area contributed by atoms with Crippen LogP contribution in [0.25, 0.3) is 0 Å². The number of alkyl halides is 25. The van der Waals surface area contributed by atoms with E-state index < -0.39 is 83.8 Å². The van der Waals surface area contributed by atoms with Gasteiger partial charge >= 0.3 is 77.5 Å². The second kappa shape index (κ2) is 11.0. The Morgan fingerprint density at radius 2 is 0.689 bits per heavy atom. The van der Waals surface area contributed by atoms with Crippen molar-refractivity contribution in [3.8, 4) is 0 Å². The predicted molar refractivity (Wildman–Crippen MR) is 87.3 cm³/mol. The Morgan fingerprint density at radius 1 is 0.467 bits per heavy atom. The van der Waals surface area contributed by atoms with E-state index in [1.165, 1.54) is 0 Å². The molecule has 268 valence electrons. The van der Waals surface area contributed by atoms with Crippen LogP contribution in [0.5, 0.6) is 0 Å². The molecule has 0 aromatic rings. The van der Waals surface area contributed by atoms with E-state index in [0.29, 0.717) is 0 Å². The first-order chi connectivity index (χ1) is 19.1. The molecule has 0 spiro atoms. The largest absolute Gasteiger partial charge is 0.460 e. The predicted octanol–water partition coefficient (Wildman–Crippen LogP) is 8.59. The average molecular weight is 734 g/mol. The molecule has 3 nitrogen and oxygen atoms in total. The van der Waals surface area contributed by atoms with Crippen LogP contribution in [0.3, 0.4) is 0 Å². The van der Waals surface area contributed by atoms with E-state index in [2.05, 4.69) is 16.1 Å². The van der Waals surface area contributed by atoms with Crippen LogP contribution in [0, 0.1) is 0 Å². The minimum atomic E-state index is -9.67. The number of carbonyl (C=O) groups is 1. The third-order valence-electron chi connectivity index (χ3n) is 5.03. The Labute approximate surface area is 228 Å². The number of hydrogen-bond acceptors (Lipinski definition) is 3. The van der Waals surface area contributed by atoms with Gasteiger partial charge in [0.15, 0.2) is 0 Å². The highest BCUT2D eigenvalue weighted by molar-refractivity contribution is 5.81. The Morgan fingerprint density at radius 3 is 0.911 bits per heavy atom. The van der Waals surface area contributed by atoms with Crippen LogP contribution in [0.2, 0.25) is 0 Å². The van der Waals surface area contributed by atoms with Gasteiger partial charge in [0.1, 0.15) is 0 Å². The number of halogens is 25. The highest BCUT2D eigenvalue weighted by atomic mass is 19.4. The van der Waals surface area contributed by atoms with Crippen molar-refractivity contribution < 1.29 is 124 Å². The zero-order valence-electron chi connectivity index (χ0n) is 20.0. The first kappa shape index (κ1) is 42.4. The number of hydrogen-bond donors (Lipinski definition) is 0. The zero-order valence-corrected chi connectivity index (χ0v) is 20.0. The third kappa shape index (κ3) is 5.58. The van der Waals surface area contributed by atoms with Gasteiger partial charge in [-0.1, -0.05) is 6.58 Å². The summed E-state index contributed by atoms with van der Waals surface area (Å²) in [6.45, 7) is 2.38. The quantitative estimate of drug-likeness (QED) is 0.0777. The van der Waals surface area contributed by atoms with Crippen molar-refractivity contribution in [3.05, 3.63) is 12.7 Å². The molecule has 0 aliphatic carbocycles. The molecule has 0 aliphatic rings. The van der Waals surface area contributed by atoms with Crippen molar-refractivity contribution in [3.63, 3.8) is 0 Å². The molecular weight excluding hydrogens is 727 g/mol. The van der Waals surface area contributed by atoms with Crippen LogP contribution in [-0.4, -0.2) is 83.8 Å². The van der Waals surface area contributed by atoms with E-state index in [0.717, 1.165) is 0 Å². The lowest BCUT2D eigenvalue weighted by Gasteiger charge is -2.45. The minimum absolute atomic E-state index is 0.0266. The highest BCUT2D eigenvalue weighted by Gasteiger charge is 2.99. The Balaban J connectivity index is 7.21. The first-order valence-electron chi connectivity index (χ1n) is 9.83. The Hall–Kier alpha value is -2.58. The van der Waals surface area contributed by atoms with Gasteiger partial charge in [-0.25, -0.2) is 4.79 Å². The maximum Gasteiger partial charge on any atom is 0.460 e. The molecular formula is C17H7F25O3. The summed E-state index contributed by atoms with van der Waals surface area (Å²) in [6, 6.07) is 0. The number of rotatable bonds is 14. The second-order valence-electron chi connectivity index (χ2n) is 8.08. The fourth-order valence-electron chi connectivity index (χ4n) is 2.46. The summed E-state index contributed by atoms with van der Waals surface area (Å²) in [4.78, 5) is 10.7.